The van der Waals surface area contributed by atoms with Gasteiger partial charge in [0.25, 0.3) is 5.24 Å². The largest absolute Gasteiger partial charge is 0.611 e. The maximum atomic E-state index is 12.0. The van der Waals surface area contributed by atoms with Crippen molar-refractivity contribution in [3.63, 3.8) is 0 Å². The Morgan fingerprint density at radius 3 is 2.07 bits per heavy atom. The third-order valence-corrected chi connectivity index (χ3v) is 13.3. The van der Waals surface area contributed by atoms with Gasteiger partial charge in [0.2, 0.25) is 11.9 Å². The molecule has 0 radical (unpaired) electrons. The number of amides is 2. The van der Waals surface area contributed by atoms with Crippen LogP contribution in [0.4, 0.5) is 9.59 Å². The van der Waals surface area contributed by atoms with Crippen LogP contribution in [-0.2, 0) is 25.7 Å². The number of rotatable bonds is 31. The van der Waals surface area contributed by atoms with Crippen molar-refractivity contribution in [3.8, 4) is 0 Å². The highest BCUT2D eigenvalue weighted by atomic mass is 32.2. The van der Waals surface area contributed by atoms with Gasteiger partial charge in [-0.25, -0.2) is 9.79 Å². The second-order valence-corrected chi connectivity index (χ2v) is 17.6. The molecule has 252 valence electrons. The quantitative estimate of drug-likeness (QED) is 0.0154. The van der Waals surface area contributed by atoms with Gasteiger partial charge in [-0.2, -0.15) is 16.6 Å². The van der Waals surface area contributed by atoms with Crippen LogP contribution in [0.1, 0.15) is 0 Å². The summed E-state index contributed by atoms with van der Waals surface area (Å²) in [6, 6.07) is 0. The number of ether oxygens (including phenoxy) is 1. The van der Waals surface area contributed by atoms with Gasteiger partial charge in [-0.1, -0.05) is 11.8 Å². The smallest absolute Gasteiger partial charge is 0.407 e. The Kier molecular flexibility index (Phi) is 37.4. The lowest BCUT2D eigenvalue weighted by Crippen LogP contribution is -2.27. The van der Waals surface area contributed by atoms with Crippen LogP contribution in [0.3, 0.4) is 0 Å². The van der Waals surface area contributed by atoms with Crippen LogP contribution in [-0.4, -0.2) is 152 Å². The highest BCUT2D eigenvalue weighted by molar-refractivity contribution is 8.18. The molecule has 4 N–H and O–H groups in total. The molecule has 1 atom stereocenters. The molecule has 0 saturated carbocycles. The van der Waals surface area contributed by atoms with E-state index in [0.717, 1.165) is 55.5 Å². The molecule has 0 aliphatic rings. The minimum Gasteiger partial charge on any atom is -0.611 e. The monoisotopic (exact) mass is 760 g/mol. The van der Waals surface area contributed by atoms with E-state index in [1.54, 1.807) is 76.1 Å². The van der Waals surface area contributed by atoms with E-state index >= 15 is 0 Å². The van der Waals surface area contributed by atoms with Crippen molar-refractivity contribution in [2.45, 2.75) is 0 Å². The first kappa shape index (κ1) is 43.5. The molecule has 12 nitrogen and oxygen atoms in total. The lowest BCUT2D eigenvalue weighted by molar-refractivity contribution is -0.221. The first-order valence-corrected chi connectivity index (χ1v) is 22.5. The van der Waals surface area contributed by atoms with Gasteiger partial charge in [0.1, 0.15) is 19.0 Å². The molecule has 2 amide bonds. The molecular formula is C23H44N4O8S8. The molecule has 0 aromatic carbocycles. The molecule has 0 aromatic rings. The van der Waals surface area contributed by atoms with Gasteiger partial charge in [-0.05, 0) is 11.2 Å². The van der Waals surface area contributed by atoms with Crippen molar-refractivity contribution in [2.75, 3.05) is 114 Å². The van der Waals surface area contributed by atoms with Gasteiger partial charge >= 0.3 is 6.09 Å². The van der Waals surface area contributed by atoms with Crippen molar-refractivity contribution in [1.29, 1.82) is 0 Å². The van der Waals surface area contributed by atoms with E-state index in [1.807, 2.05) is 0 Å². The second kappa shape index (κ2) is 37.0. The van der Waals surface area contributed by atoms with E-state index < -0.39 is 17.3 Å². The zero-order chi connectivity index (χ0) is 31.5. The number of carbonyl (C=O) groups excluding carboxylic acids is 2. The van der Waals surface area contributed by atoms with E-state index in [4.69, 9.17) is 14.9 Å². The van der Waals surface area contributed by atoms with Crippen molar-refractivity contribution < 1.29 is 38.9 Å². The highest BCUT2D eigenvalue weighted by Crippen LogP contribution is 2.15. The summed E-state index contributed by atoms with van der Waals surface area (Å²) in [6.07, 6.45) is 0.720. The standard InChI is InChI=1S/C23H44N4O8S8/c28-5-7-33-22(30)26-3-11-38-20-37-10-2-25-18-43(32)16-15-41-21-40-13-14-42-23(31)27-4-12-39-19-36-9-1-24-17-35-34-8-6-29/h17-18,28-29H,1-16,19-21H2,(H,26,30)(H,27,31)/b24-17+,25-18-. The average molecular weight is 761 g/mol. The summed E-state index contributed by atoms with van der Waals surface area (Å²) >= 11 is 10.8. The van der Waals surface area contributed by atoms with E-state index in [-0.39, 0.29) is 31.7 Å². The van der Waals surface area contributed by atoms with Gasteiger partial charge in [0, 0.05) is 68.6 Å². The molecule has 20 heteroatoms. The van der Waals surface area contributed by atoms with E-state index in [1.165, 1.54) is 18.2 Å². The highest BCUT2D eigenvalue weighted by Gasteiger charge is 2.04. The molecular weight excluding hydrogens is 717 g/mol. The Bertz CT molecular complexity index is 708. The van der Waals surface area contributed by atoms with E-state index in [2.05, 4.69) is 30.4 Å². The molecule has 0 bridgehead atoms. The van der Waals surface area contributed by atoms with E-state index in [0.29, 0.717) is 31.9 Å². The molecule has 1 unspecified atom stereocenters. The number of hydrogen-bond acceptors (Lipinski definition) is 17. The normalized spacial score (nSPS) is 12.2. The third kappa shape index (κ3) is 36.9. The zero-order valence-corrected chi connectivity index (χ0v) is 30.6. The predicted molar refractivity (Wildman–Crippen MR) is 195 cm³/mol. The number of thioether (sulfide) groups is 7. The number of carbonyl (C=O) groups is 2. The maximum Gasteiger partial charge on any atom is 0.407 e. The lowest BCUT2D eigenvalue weighted by atomic mass is 10.7. The molecule has 0 aliphatic heterocycles. The van der Waals surface area contributed by atoms with Gasteiger partial charge in [0.05, 0.1) is 26.3 Å². The Balaban J connectivity index is 3.36. The number of aliphatic hydroxyl groups excluding tert-OH is 2. The topological polar surface area (TPSA) is 174 Å². The molecule has 0 rings (SSSR count). The van der Waals surface area contributed by atoms with Crippen molar-refractivity contribution >= 4 is 117 Å². The average Bonchev–Trinajstić information content (AvgIpc) is 3.00. The minimum atomic E-state index is -1.05. The van der Waals surface area contributed by atoms with Gasteiger partial charge in [-0.15, -0.1) is 58.8 Å². The number of hydrogen-bond donors (Lipinski definition) is 4. The summed E-state index contributed by atoms with van der Waals surface area (Å²) in [6.45, 7) is 2.28. The molecule has 0 fully saturated rings. The summed E-state index contributed by atoms with van der Waals surface area (Å²) in [5, 5.41) is 25.4. The molecule has 0 heterocycles. The molecule has 0 spiro atoms. The maximum absolute atomic E-state index is 12.0. The zero-order valence-electron chi connectivity index (χ0n) is 24.1. The number of aliphatic imine (C=N–C) groups is 2. The number of alkyl carbamates (subject to hydrolysis) is 1. The van der Waals surface area contributed by atoms with Crippen LogP contribution in [0.5, 0.6) is 0 Å². The fourth-order valence-electron chi connectivity index (χ4n) is 2.18. The van der Waals surface area contributed by atoms with Crippen LogP contribution in [0.2, 0.25) is 0 Å². The summed E-state index contributed by atoms with van der Waals surface area (Å²) < 4.78 is 16.7. The Morgan fingerprint density at radius 2 is 1.37 bits per heavy atom. The number of nitrogens with zero attached hydrogens (tertiary/aromatic N) is 2. The van der Waals surface area contributed by atoms with Gasteiger partial charge in [-0.3, -0.25) is 9.79 Å². The van der Waals surface area contributed by atoms with Crippen LogP contribution < -0.4 is 10.6 Å². The molecule has 0 aliphatic carbocycles. The summed E-state index contributed by atoms with van der Waals surface area (Å²) in [7, 11) is 0. The van der Waals surface area contributed by atoms with Crippen molar-refractivity contribution in [2.24, 2.45) is 9.98 Å². The molecule has 0 saturated heterocycles. The summed E-state index contributed by atoms with van der Waals surface area (Å²) in [5.41, 5.74) is 1.54. The second-order valence-electron chi connectivity index (χ2n) is 7.40. The summed E-state index contributed by atoms with van der Waals surface area (Å²) in [5.74, 6) is 6.42. The SMILES string of the molecule is O=C(NCCSCSCC/N=C\[S+]([O-])CCSCSCCSC(=O)NCCSCSCC/N=C/OOCCO)OCCO. The first-order valence-electron chi connectivity index (χ1n) is 13.2. The lowest BCUT2D eigenvalue weighted by Gasteiger charge is -2.06. The third-order valence-electron chi connectivity index (χ3n) is 4.03. The molecule has 0 aromatic heterocycles. The predicted octanol–water partition coefficient (Wildman–Crippen LogP) is 3.17. The Labute approximate surface area is 288 Å². The fourth-order valence-corrected chi connectivity index (χ4v) is 10.1. The minimum absolute atomic E-state index is 0.00429. The summed E-state index contributed by atoms with van der Waals surface area (Å²) in [4.78, 5) is 40.6. The Hall–Kier alpha value is 0.520. The first-order chi connectivity index (χ1) is 21.1. The Morgan fingerprint density at radius 1 is 0.767 bits per heavy atom. The van der Waals surface area contributed by atoms with Crippen LogP contribution >= 0.6 is 82.3 Å². The fraction of sp³-hybridized carbons (Fsp3) is 0.826. The van der Waals surface area contributed by atoms with Crippen molar-refractivity contribution in [1.82, 2.24) is 10.6 Å². The van der Waals surface area contributed by atoms with E-state index in [9.17, 15) is 14.1 Å². The van der Waals surface area contributed by atoms with Gasteiger partial charge < -0.3 is 35.0 Å². The number of aliphatic hydroxyl groups is 2. The number of nitrogens with one attached hydrogen (secondary N) is 2. The van der Waals surface area contributed by atoms with Gasteiger partial charge in [0.15, 0.2) is 0 Å². The van der Waals surface area contributed by atoms with Crippen molar-refractivity contribution in [3.05, 3.63) is 0 Å². The van der Waals surface area contributed by atoms with Crippen LogP contribution in [0.15, 0.2) is 9.98 Å². The van der Waals surface area contributed by atoms with Crippen LogP contribution in [0, 0.1) is 0 Å². The molecule has 43 heavy (non-hydrogen) atoms. The van der Waals surface area contributed by atoms with Crippen LogP contribution in [0.25, 0.3) is 0 Å².